The first-order valence-electron chi connectivity index (χ1n) is 4.82. The summed E-state index contributed by atoms with van der Waals surface area (Å²) in [5.41, 5.74) is 3.29. The summed E-state index contributed by atoms with van der Waals surface area (Å²) in [5, 5.41) is 8.60. The van der Waals surface area contributed by atoms with E-state index in [1.165, 1.54) is 0 Å². The molecule has 74 valence electrons. The molecule has 0 aromatic carbocycles. The summed E-state index contributed by atoms with van der Waals surface area (Å²) in [6, 6.07) is 0. The Bertz CT molecular complexity index is 221. The molecule has 1 rings (SSSR count). The van der Waals surface area contributed by atoms with Gasteiger partial charge in [0.05, 0.1) is 6.10 Å². The van der Waals surface area contributed by atoms with Gasteiger partial charge in [0.25, 0.3) is 0 Å². The van der Waals surface area contributed by atoms with E-state index in [1.54, 1.807) is 0 Å². The summed E-state index contributed by atoms with van der Waals surface area (Å²) < 4.78 is 5.35. The van der Waals surface area contributed by atoms with Crippen molar-refractivity contribution in [1.82, 2.24) is 0 Å². The fourth-order valence-electron chi connectivity index (χ4n) is 1.07. The number of hydrogen-bond donors (Lipinski definition) is 1. The van der Waals surface area contributed by atoms with Crippen molar-refractivity contribution in [2.45, 2.75) is 44.7 Å². The van der Waals surface area contributed by atoms with Crippen molar-refractivity contribution in [3.63, 3.8) is 0 Å². The molecule has 0 saturated carbocycles. The SMILES string of the molecule is C[Si](C)(C)C#C[C@@H]1O[C@@H]1CCCO. The van der Waals surface area contributed by atoms with E-state index in [9.17, 15) is 0 Å². The van der Waals surface area contributed by atoms with Crippen LogP contribution in [-0.4, -0.2) is 32.0 Å². The zero-order valence-corrected chi connectivity index (χ0v) is 9.63. The summed E-state index contributed by atoms with van der Waals surface area (Å²) in [5.74, 6) is 3.16. The van der Waals surface area contributed by atoms with Crippen LogP contribution in [0.1, 0.15) is 12.8 Å². The highest BCUT2D eigenvalue weighted by molar-refractivity contribution is 6.83. The van der Waals surface area contributed by atoms with Crippen molar-refractivity contribution in [3.05, 3.63) is 0 Å². The molecule has 0 spiro atoms. The highest BCUT2D eigenvalue weighted by Gasteiger charge is 2.36. The Morgan fingerprint density at radius 3 is 2.62 bits per heavy atom. The van der Waals surface area contributed by atoms with Crippen LogP contribution < -0.4 is 0 Å². The molecule has 1 aliphatic rings. The number of hydrogen-bond acceptors (Lipinski definition) is 2. The van der Waals surface area contributed by atoms with E-state index in [0.29, 0.717) is 6.10 Å². The molecule has 0 bridgehead atoms. The lowest BCUT2D eigenvalue weighted by molar-refractivity contribution is 0.273. The van der Waals surface area contributed by atoms with Gasteiger partial charge >= 0.3 is 0 Å². The van der Waals surface area contributed by atoms with Gasteiger partial charge in [0.1, 0.15) is 14.2 Å². The van der Waals surface area contributed by atoms with E-state index >= 15 is 0 Å². The standard InChI is InChI=1S/C10H18O2Si/c1-13(2,3)8-6-10-9(12-10)5-4-7-11/h9-11H,4-5,7H2,1-3H3/t9-,10+/m1/s1. The summed E-state index contributed by atoms with van der Waals surface area (Å²) in [4.78, 5) is 0. The van der Waals surface area contributed by atoms with Crippen LogP contribution >= 0.6 is 0 Å². The molecular weight excluding hydrogens is 180 g/mol. The Hall–Kier alpha value is -0.303. The Balaban J connectivity index is 2.23. The van der Waals surface area contributed by atoms with Crippen molar-refractivity contribution >= 4 is 8.07 Å². The molecule has 0 aromatic heterocycles. The van der Waals surface area contributed by atoms with Gasteiger partial charge in [0.15, 0.2) is 0 Å². The first-order valence-corrected chi connectivity index (χ1v) is 8.32. The molecule has 0 radical (unpaired) electrons. The van der Waals surface area contributed by atoms with Crippen molar-refractivity contribution in [2.75, 3.05) is 6.61 Å². The van der Waals surface area contributed by atoms with Crippen molar-refractivity contribution in [1.29, 1.82) is 0 Å². The molecule has 1 fully saturated rings. The van der Waals surface area contributed by atoms with Crippen LogP contribution in [0.2, 0.25) is 19.6 Å². The third kappa shape index (κ3) is 4.46. The fourth-order valence-corrected chi connectivity index (χ4v) is 1.64. The topological polar surface area (TPSA) is 32.8 Å². The van der Waals surface area contributed by atoms with Crippen LogP contribution in [0.3, 0.4) is 0 Å². The van der Waals surface area contributed by atoms with E-state index in [4.69, 9.17) is 9.84 Å². The average Bonchev–Trinajstić information content (AvgIpc) is 2.75. The van der Waals surface area contributed by atoms with Crippen LogP contribution in [-0.2, 0) is 4.74 Å². The van der Waals surface area contributed by atoms with Crippen molar-refractivity contribution in [2.24, 2.45) is 0 Å². The number of ether oxygens (including phenoxy) is 1. The first-order chi connectivity index (χ1) is 6.03. The van der Waals surface area contributed by atoms with Crippen LogP contribution in [0.5, 0.6) is 0 Å². The van der Waals surface area contributed by atoms with E-state index in [0.717, 1.165) is 12.8 Å². The van der Waals surface area contributed by atoms with Gasteiger partial charge in [-0.2, -0.15) is 0 Å². The lowest BCUT2D eigenvalue weighted by Gasteiger charge is -2.02. The highest BCUT2D eigenvalue weighted by Crippen LogP contribution is 2.25. The lowest BCUT2D eigenvalue weighted by atomic mass is 10.2. The van der Waals surface area contributed by atoms with E-state index in [-0.39, 0.29) is 12.7 Å². The van der Waals surface area contributed by atoms with Gasteiger partial charge in [-0.05, 0) is 12.8 Å². The predicted molar refractivity (Wildman–Crippen MR) is 56.1 cm³/mol. The normalized spacial score (nSPS) is 26.5. The van der Waals surface area contributed by atoms with E-state index in [1.807, 2.05) is 0 Å². The molecule has 2 nitrogen and oxygen atoms in total. The van der Waals surface area contributed by atoms with Gasteiger partial charge in [-0.25, -0.2) is 0 Å². The first kappa shape index (κ1) is 10.8. The number of aliphatic hydroxyl groups is 1. The van der Waals surface area contributed by atoms with Crippen LogP contribution in [0, 0.1) is 11.5 Å². The maximum absolute atomic E-state index is 8.60. The largest absolute Gasteiger partial charge is 0.396 e. The maximum atomic E-state index is 8.60. The minimum Gasteiger partial charge on any atom is -0.396 e. The van der Waals surface area contributed by atoms with Gasteiger partial charge in [0.2, 0.25) is 0 Å². The molecule has 0 unspecified atom stereocenters. The molecule has 2 atom stereocenters. The summed E-state index contributed by atoms with van der Waals surface area (Å²) in [6.45, 7) is 6.94. The predicted octanol–water partition coefficient (Wildman–Crippen LogP) is 1.41. The van der Waals surface area contributed by atoms with Crippen LogP contribution in [0.4, 0.5) is 0 Å². The Kier molecular flexibility index (Phi) is 3.54. The second-order valence-electron chi connectivity index (χ2n) is 4.48. The zero-order valence-electron chi connectivity index (χ0n) is 8.63. The van der Waals surface area contributed by atoms with E-state index < -0.39 is 8.07 Å². The van der Waals surface area contributed by atoms with E-state index in [2.05, 4.69) is 31.1 Å². The monoisotopic (exact) mass is 198 g/mol. The van der Waals surface area contributed by atoms with Gasteiger partial charge < -0.3 is 9.84 Å². The molecule has 3 heteroatoms. The second kappa shape index (κ2) is 4.27. The van der Waals surface area contributed by atoms with Gasteiger partial charge in [-0.1, -0.05) is 25.6 Å². The molecule has 0 aromatic rings. The quantitative estimate of drug-likeness (QED) is 0.422. The smallest absolute Gasteiger partial charge is 0.144 e. The van der Waals surface area contributed by atoms with Gasteiger partial charge in [-0.3, -0.25) is 0 Å². The van der Waals surface area contributed by atoms with Gasteiger partial charge in [-0.15, -0.1) is 5.54 Å². The summed E-state index contributed by atoms with van der Waals surface area (Å²) in [6.07, 6.45) is 2.24. The summed E-state index contributed by atoms with van der Waals surface area (Å²) >= 11 is 0. The lowest BCUT2D eigenvalue weighted by Crippen LogP contribution is -2.16. The van der Waals surface area contributed by atoms with Crippen molar-refractivity contribution < 1.29 is 9.84 Å². The number of aliphatic hydroxyl groups excluding tert-OH is 1. The summed E-state index contributed by atoms with van der Waals surface area (Å²) in [7, 11) is -1.23. The number of rotatable bonds is 3. The highest BCUT2D eigenvalue weighted by atomic mass is 28.3. The molecule has 13 heavy (non-hydrogen) atoms. The Morgan fingerprint density at radius 1 is 1.38 bits per heavy atom. The Morgan fingerprint density at radius 2 is 2.08 bits per heavy atom. The molecular formula is C10H18O2Si. The number of epoxide rings is 1. The van der Waals surface area contributed by atoms with Gasteiger partial charge in [0, 0.05) is 6.61 Å². The molecule has 1 heterocycles. The Labute approximate surface area is 81.3 Å². The fraction of sp³-hybridized carbons (Fsp3) is 0.800. The third-order valence-electron chi connectivity index (χ3n) is 1.82. The minimum atomic E-state index is -1.23. The molecule has 0 aliphatic carbocycles. The maximum Gasteiger partial charge on any atom is 0.144 e. The zero-order chi connectivity index (χ0) is 9.90. The molecule has 1 aliphatic heterocycles. The van der Waals surface area contributed by atoms with Crippen LogP contribution in [0.15, 0.2) is 0 Å². The van der Waals surface area contributed by atoms with Crippen LogP contribution in [0.25, 0.3) is 0 Å². The third-order valence-corrected chi connectivity index (χ3v) is 2.71. The minimum absolute atomic E-state index is 0.165. The second-order valence-corrected chi connectivity index (χ2v) is 9.23. The van der Waals surface area contributed by atoms with Crippen molar-refractivity contribution in [3.8, 4) is 11.5 Å². The average molecular weight is 198 g/mol. The molecule has 1 saturated heterocycles. The molecule has 0 amide bonds. The molecule has 1 N–H and O–H groups in total.